The number of benzene rings is 1. The first-order valence-electron chi connectivity index (χ1n) is 10.5. The quantitative estimate of drug-likeness (QED) is 0.778. The maximum Gasteiger partial charge on any atom is 0.236 e. The monoisotopic (exact) mass is 397 g/mol. The molecule has 0 aliphatic carbocycles. The van der Waals surface area contributed by atoms with E-state index in [9.17, 15) is 9.18 Å². The summed E-state index contributed by atoms with van der Waals surface area (Å²) in [5.74, 6) is 0.234. The lowest BCUT2D eigenvalue weighted by Crippen LogP contribution is -2.47. The van der Waals surface area contributed by atoms with Crippen LogP contribution in [-0.4, -0.2) is 66.6 Å². The van der Waals surface area contributed by atoms with Gasteiger partial charge in [0.2, 0.25) is 5.91 Å². The van der Waals surface area contributed by atoms with Gasteiger partial charge in [-0.3, -0.25) is 14.7 Å². The molecule has 0 bridgehead atoms. The van der Waals surface area contributed by atoms with Gasteiger partial charge in [0, 0.05) is 49.9 Å². The van der Waals surface area contributed by atoms with Crippen molar-refractivity contribution in [2.24, 2.45) is 0 Å². The van der Waals surface area contributed by atoms with Crippen LogP contribution in [0.4, 0.5) is 4.39 Å². The van der Waals surface area contributed by atoms with Gasteiger partial charge in [0.1, 0.15) is 5.82 Å². The number of likely N-dealkylation sites (tertiary alicyclic amines) is 1. The molecular formula is C23H28FN3O2. The maximum absolute atomic E-state index is 13.5. The first kappa shape index (κ1) is 20.0. The molecule has 6 heteroatoms. The molecule has 0 N–H and O–H groups in total. The number of nitrogens with zero attached hydrogens (tertiary/aromatic N) is 3. The van der Waals surface area contributed by atoms with Crippen LogP contribution in [0.1, 0.15) is 35.7 Å². The molecule has 154 valence electrons. The average Bonchev–Trinajstić information content (AvgIpc) is 2.75. The van der Waals surface area contributed by atoms with E-state index in [-0.39, 0.29) is 17.6 Å². The number of piperidine rings is 1. The van der Waals surface area contributed by atoms with Gasteiger partial charge in [0.15, 0.2) is 0 Å². The Morgan fingerprint density at radius 1 is 1.14 bits per heavy atom. The van der Waals surface area contributed by atoms with Crippen LogP contribution in [-0.2, 0) is 16.0 Å². The van der Waals surface area contributed by atoms with Gasteiger partial charge in [-0.1, -0.05) is 18.2 Å². The summed E-state index contributed by atoms with van der Waals surface area (Å²) in [6, 6.07) is 12.7. The molecular weight excluding hydrogens is 369 g/mol. The highest BCUT2D eigenvalue weighted by Gasteiger charge is 2.27. The molecule has 1 atom stereocenters. The molecule has 29 heavy (non-hydrogen) atoms. The fourth-order valence-electron chi connectivity index (χ4n) is 4.18. The van der Waals surface area contributed by atoms with Crippen molar-refractivity contribution in [1.29, 1.82) is 0 Å². The minimum Gasteiger partial charge on any atom is -0.379 e. The molecule has 2 fully saturated rings. The number of carbonyl (C=O) groups is 1. The Morgan fingerprint density at radius 3 is 2.79 bits per heavy atom. The molecule has 0 saturated carbocycles. The summed E-state index contributed by atoms with van der Waals surface area (Å²) in [6.45, 7) is 5.08. The number of amides is 1. The standard InChI is InChI=1S/C23H28FN3O2/c24-20-6-1-4-18(14-20)15-21-7-2-8-22(25-21)19-5-3-9-27(16-19)23(28)17-26-10-12-29-13-11-26/h1-2,4,6-8,14,19H,3,5,9-13,15-17H2. The summed E-state index contributed by atoms with van der Waals surface area (Å²) in [6.07, 6.45) is 2.64. The summed E-state index contributed by atoms with van der Waals surface area (Å²) < 4.78 is 18.8. The molecule has 2 aromatic rings. The lowest BCUT2D eigenvalue weighted by molar-refractivity contribution is -0.134. The first-order valence-corrected chi connectivity index (χ1v) is 10.5. The SMILES string of the molecule is O=C(CN1CCOCC1)N1CCCC(c2cccc(Cc3cccc(F)c3)n2)C1. The summed E-state index contributed by atoms with van der Waals surface area (Å²) in [7, 11) is 0. The average molecular weight is 397 g/mol. The first-order chi connectivity index (χ1) is 14.2. The van der Waals surface area contributed by atoms with Gasteiger partial charge < -0.3 is 9.64 Å². The van der Waals surface area contributed by atoms with Crippen molar-refractivity contribution >= 4 is 5.91 Å². The van der Waals surface area contributed by atoms with Crippen molar-refractivity contribution in [2.75, 3.05) is 45.9 Å². The van der Waals surface area contributed by atoms with E-state index in [1.807, 2.05) is 23.1 Å². The summed E-state index contributed by atoms with van der Waals surface area (Å²) in [5, 5.41) is 0. The predicted molar refractivity (Wildman–Crippen MR) is 109 cm³/mol. The minimum atomic E-state index is -0.222. The van der Waals surface area contributed by atoms with Crippen molar-refractivity contribution in [1.82, 2.24) is 14.8 Å². The Kier molecular flexibility index (Phi) is 6.52. The van der Waals surface area contributed by atoms with Crippen molar-refractivity contribution < 1.29 is 13.9 Å². The Bertz CT molecular complexity index is 838. The number of rotatable bonds is 5. The fraction of sp³-hybridized carbons (Fsp3) is 0.478. The molecule has 1 unspecified atom stereocenters. The van der Waals surface area contributed by atoms with Crippen molar-refractivity contribution in [3.63, 3.8) is 0 Å². The second kappa shape index (κ2) is 9.46. The van der Waals surface area contributed by atoms with Crippen LogP contribution in [0.5, 0.6) is 0 Å². The molecule has 5 nitrogen and oxygen atoms in total. The summed E-state index contributed by atoms with van der Waals surface area (Å²) >= 11 is 0. The zero-order valence-electron chi connectivity index (χ0n) is 16.7. The fourth-order valence-corrected chi connectivity index (χ4v) is 4.18. The number of morpholine rings is 1. The van der Waals surface area contributed by atoms with E-state index < -0.39 is 0 Å². The van der Waals surface area contributed by atoms with E-state index in [0.717, 1.165) is 56.0 Å². The van der Waals surface area contributed by atoms with Gasteiger partial charge in [-0.05, 0) is 42.7 Å². The third-order valence-corrected chi connectivity index (χ3v) is 5.76. The van der Waals surface area contributed by atoms with Gasteiger partial charge in [0.05, 0.1) is 19.8 Å². The number of aromatic nitrogens is 1. The van der Waals surface area contributed by atoms with Crippen molar-refractivity contribution in [3.8, 4) is 0 Å². The second-order valence-corrected chi connectivity index (χ2v) is 7.93. The smallest absolute Gasteiger partial charge is 0.236 e. The third kappa shape index (κ3) is 5.40. The molecule has 0 spiro atoms. The number of halogens is 1. The molecule has 2 aliphatic rings. The molecule has 3 heterocycles. The van der Waals surface area contributed by atoms with E-state index in [4.69, 9.17) is 9.72 Å². The number of carbonyl (C=O) groups excluding carboxylic acids is 1. The highest BCUT2D eigenvalue weighted by atomic mass is 19.1. The van der Waals surface area contributed by atoms with Gasteiger partial charge in [-0.2, -0.15) is 0 Å². The lowest BCUT2D eigenvalue weighted by Gasteiger charge is -2.35. The van der Waals surface area contributed by atoms with E-state index in [1.54, 1.807) is 12.1 Å². The maximum atomic E-state index is 13.5. The number of ether oxygens (including phenoxy) is 1. The Hall–Kier alpha value is -2.31. The molecule has 0 radical (unpaired) electrons. The molecule has 1 aromatic carbocycles. The predicted octanol–water partition coefficient (Wildman–Crippen LogP) is 2.85. The van der Waals surface area contributed by atoms with Crippen LogP contribution >= 0.6 is 0 Å². The summed E-state index contributed by atoms with van der Waals surface area (Å²) in [5.41, 5.74) is 2.88. The van der Waals surface area contributed by atoms with Crippen LogP contribution in [0.25, 0.3) is 0 Å². The Labute approximate surface area is 171 Å². The Balaban J connectivity index is 1.39. The lowest BCUT2D eigenvalue weighted by atomic mass is 9.93. The normalized spacial score (nSPS) is 20.6. The molecule has 4 rings (SSSR count). The number of pyridine rings is 1. The van der Waals surface area contributed by atoms with Crippen LogP contribution < -0.4 is 0 Å². The second-order valence-electron chi connectivity index (χ2n) is 7.93. The van der Waals surface area contributed by atoms with Gasteiger partial charge in [-0.15, -0.1) is 0 Å². The summed E-state index contributed by atoms with van der Waals surface area (Å²) in [4.78, 5) is 21.8. The van der Waals surface area contributed by atoms with Gasteiger partial charge >= 0.3 is 0 Å². The highest BCUT2D eigenvalue weighted by molar-refractivity contribution is 5.78. The zero-order chi connectivity index (χ0) is 20.1. The number of hydrogen-bond donors (Lipinski definition) is 0. The van der Waals surface area contributed by atoms with Crippen LogP contribution in [0.15, 0.2) is 42.5 Å². The van der Waals surface area contributed by atoms with Gasteiger partial charge in [-0.25, -0.2) is 4.39 Å². The van der Waals surface area contributed by atoms with E-state index in [2.05, 4.69) is 11.0 Å². The van der Waals surface area contributed by atoms with E-state index >= 15 is 0 Å². The zero-order valence-corrected chi connectivity index (χ0v) is 16.7. The van der Waals surface area contributed by atoms with Crippen LogP contribution in [0.2, 0.25) is 0 Å². The van der Waals surface area contributed by atoms with Crippen LogP contribution in [0, 0.1) is 5.82 Å². The topological polar surface area (TPSA) is 45.7 Å². The van der Waals surface area contributed by atoms with Crippen molar-refractivity contribution in [3.05, 3.63) is 65.2 Å². The molecule has 2 aliphatic heterocycles. The Morgan fingerprint density at radius 2 is 1.97 bits per heavy atom. The van der Waals surface area contributed by atoms with Crippen molar-refractivity contribution in [2.45, 2.75) is 25.2 Å². The molecule has 1 amide bonds. The van der Waals surface area contributed by atoms with Crippen LogP contribution in [0.3, 0.4) is 0 Å². The third-order valence-electron chi connectivity index (χ3n) is 5.76. The molecule has 1 aromatic heterocycles. The number of hydrogen-bond acceptors (Lipinski definition) is 4. The van der Waals surface area contributed by atoms with E-state index in [0.29, 0.717) is 26.2 Å². The largest absolute Gasteiger partial charge is 0.379 e. The van der Waals surface area contributed by atoms with E-state index in [1.165, 1.54) is 6.07 Å². The van der Waals surface area contributed by atoms with Gasteiger partial charge in [0.25, 0.3) is 0 Å². The minimum absolute atomic E-state index is 0.201. The highest BCUT2D eigenvalue weighted by Crippen LogP contribution is 2.26. The molecule has 2 saturated heterocycles.